The molecular formula is C32H29Cl2N7O2. The zero-order chi connectivity index (χ0) is 29.8. The van der Waals surface area contributed by atoms with Crippen molar-refractivity contribution in [1.29, 1.82) is 0 Å². The monoisotopic (exact) mass is 613 g/mol. The second-order valence-electron chi connectivity index (χ2n) is 10.6. The molecule has 0 bridgehead atoms. The van der Waals surface area contributed by atoms with Crippen molar-refractivity contribution in [1.82, 2.24) is 24.3 Å². The minimum absolute atomic E-state index is 0.00125. The molecule has 1 atom stereocenters. The third kappa shape index (κ3) is 6.21. The van der Waals surface area contributed by atoms with Crippen molar-refractivity contribution in [2.45, 2.75) is 44.9 Å². The highest BCUT2D eigenvalue weighted by molar-refractivity contribution is 6.39. The Morgan fingerprint density at radius 2 is 1.88 bits per heavy atom. The average Bonchev–Trinajstić information content (AvgIpc) is 3.79. The molecule has 11 heteroatoms. The SMILES string of the molecule is [C-]#[N+]C[C@H](C1CCCC1)n1cc(-c2ncnc3c2ccn3COC(=O)Cc2ccccc2Nc2c(Cl)cccc2Cl)cn1. The molecule has 0 amide bonds. The van der Waals surface area contributed by atoms with Crippen LogP contribution in [0.15, 0.2) is 73.4 Å². The molecule has 3 aromatic heterocycles. The molecule has 0 saturated heterocycles. The van der Waals surface area contributed by atoms with E-state index in [-0.39, 0.29) is 19.2 Å². The topological polar surface area (TPSA) is 91.2 Å². The Hall–Kier alpha value is -4.39. The van der Waals surface area contributed by atoms with Gasteiger partial charge in [0.1, 0.15) is 18.0 Å². The highest BCUT2D eigenvalue weighted by Gasteiger charge is 2.29. The van der Waals surface area contributed by atoms with Crippen LogP contribution >= 0.6 is 23.2 Å². The summed E-state index contributed by atoms with van der Waals surface area (Å²) in [5, 5.41) is 9.66. The number of fused-ring (bicyclic) bond motifs is 1. The van der Waals surface area contributed by atoms with Crippen molar-refractivity contribution < 1.29 is 9.53 Å². The minimum Gasteiger partial charge on any atom is -0.444 e. The number of benzene rings is 2. The fourth-order valence-electron chi connectivity index (χ4n) is 5.76. The molecule has 43 heavy (non-hydrogen) atoms. The van der Waals surface area contributed by atoms with Crippen LogP contribution in [0.2, 0.25) is 10.0 Å². The summed E-state index contributed by atoms with van der Waals surface area (Å²) in [4.78, 5) is 25.6. The number of hydrogen-bond acceptors (Lipinski definition) is 6. The van der Waals surface area contributed by atoms with Gasteiger partial charge in [0, 0.05) is 29.0 Å². The third-order valence-corrected chi connectivity index (χ3v) is 8.56. The molecule has 0 aliphatic heterocycles. The molecule has 5 aromatic rings. The fraction of sp³-hybridized carbons (Fsp3) is 0.281. The summed E-state index contributed by atoms with van der Waals surface area (Å²) in [5.41, 5.74) is 4.29. The average molecular weight is 615 g/mol. The lowest BCUT2D eigenvalue weighted by Crippen LogP contribution is -2.20. The lowest BCUT2D eigenvalue weighted by Gasteiger charge is -2.18. The van der Waals surface area contributed by atoms with E-state index in [9.17, 15) is 4.79 Å². The Kier molecular flexibility index (Phi) is 8.59. The number of halogens is 2. The van der Waals surface area contributed by atoms with E-state index in [0.717, 1.165) is 35.0 Å². The van der Waals surface area contributed by atoms with Crippen LogP contribution in [0.5, 0.6) is 0 Å². The zero-order valence-electron chi connectivity index (χ0n) is 23.3. The van der Waals surface area contributed by atoms with Crippen LogP contribution < -0.4 is 5.32 Å². The van der Waals surface area contributed by atoms with Gasteiger partial charge in [-0.1, -0.05) is 60.3 Å². The highest BCUT2D eigenvalue weighted by atomic mass is 35.5. The van der Waals surface area contributed by atoms with E-state index in [1.165, 1.54) is 19.2 Å². The number of aromatic nitrogens is 5. The maximum absolute atomic E-state index is 12.9. The number of ether oxygens (including phenoxy) is 1. The van der Waals surface area contributed by atoms with E-state index < -0.39 is 5.97 Å². The van der Waals surface area contributed by atoms with Crippen molar-refractivity contribution in [2.75, 3.05) is 11.9 Å². The lowest BCUT2D eigenvalue weighted by molar-refractivity contribution is -0.146. The van der Waals surface area contributed by atoms with E-state index in [1.807, 2.05) is 47.4 Å². The number of rotatable bonds is 10. The van der Waals surface area contributed by atoms with Gasteiger partial charge in [-0.3, -0.25) is 14.0 Å². The molecule has 218 valence electrons. The van der Waals surface area contributed by atoms with Gasteiger partial charge in [-0.25, -0.2) is 16.5 Å². The van der Waals surface area contributed by atoms with Gasteiger partial charge < -0.3 is 14.9 Å². The molecular weight excluding hydrogens is 585 g/mol. The quantitative estimate of drug-likeness (QED) is 0.128. The number of anilines is 2. The minimum atomic E-state index is -0.394. The first-order valence-corrected chi connectivity index (χ1v) is 14.9. The van der Waals surface area contributed by atoms with Crippen molar-refractivity contribution >= 4 is 51.6 Å². The smallest absolute Gasteiger partial charge is 0.312 e. The summed E-state index contributed by atoms with van der Waals surface area (Å²) < 4.78 is 9.36. The molecule has 2 aromatic carbocycles. The summed E-state index contributed by atoms with van der Waals surface area (Å²) in [6.07, 6.45) is 11.8. The van der Waals surface area contributed by atoms with E-state index in [1.54, 1.807) is 29.0 Å². The largest absolute Gasteiger partial charge is 0.444 e. The number of nitrogens with zero attached hydrogens (tertiary/aromatic N) is 6. The van der Waals surface area contributed by atoms with Gasteiger partial charge in [-0.05, 0) is 48.6 Å². The molecule has 0 unspecified atom stereocenters. The maximum atomic E-state index is 12.9. The van der Waals surface area contributed by atoms with Crippen molar-refractivity contribution in [3.8, 4) is 11.3 Å². The van der Waals surface area contributed by atoms with E-state index >= 15 is 0 Å². The molecule has 0 radical (unpaired) electrons. The summed E-state index contributed by atoms with van der Waals surface area (Å²) in [5.74, 6) is 0.0781. The molecule has 6 rings (SSSR count). The first kappa shape index (κ1) is 28.7. The normalized spacial score (nSPS) is 14.1. The van der Waals surface area contributed by atoms with Gasteiger partial charge in [0.05, 0.1) is 34.0 Å². The van der Waals surface area contributed by atoms with Gasteiger partial charge >= 0.3 is 5.97 Å². The van der Waals surface area contributed by atoms with Crippen LogP contribution in [0.3, 0.4) is 0 Å². The molecule has 1 saturated carbocycles. The Balaban J connectivity index is 1.15. The Labute approximate surface area is 259 Å². The second kappa shape index (κ2) is 12.9. The van der Waals surface area contributed by atoms with Gasteiger partial charge in [0.2, 0.25) is 6.54 Å². The summed E-state index contributed by atoms with van der Waals surface area (Å²) in [6.45, 7) is 7.86. The summed E-state index contributed by atoms with van der Waals surface area (Å²) >= 11 is 12.7. The van der Waals surface area contributed by atoms with Crippen molar-refractivity contribution in [3.05, 3.63) is 100 Å². The Morgan fingerprint density at radius 1 is 1.09 bits per heavy atom. The number of carbonyl (C=O) groups excluding carboxylic acids is 1. The van der Waals surface area contributed by atoms with Crippen molar-refractivity contribution in [2.24, 2.45) is 5.92 Å². The van der Waals surface area contributed by atoms with Crippen LogP contribution in [-0.4, -0.2) is 36.8 Å². The molecule has 9 nitrogen and oxygen atoms in total. The van der Waals surface area contributed by atoms with Gasteiger partial charge in [0.25, 0.3) is 0 Å². The standard InChI is InChI=1S/C32H29Cl2N7O2/c1-35-17-28(21-7-2-3-8-21)41-18-23(16-38-41)30-24-13-14-40(32(24)37-19-36-30)20-43-29(42)15-22-9-4-5-12-27(22)39-31-25(33)10-6-11-26(31)34/h4-6,9-14,16,18-19,21,28,39H,2-3,7-8,15,17,20H2/t28-/m1/s1. The Bertz CT molecular complexity index is 1780. The van der Waals surface area contributed by atoms with E-state index in [4.69, 9.17) is 34.5 Å². The van der Waals surface area contributed by atoms with Crippen LogP contribution in [-0.2, 0) is 22.7 Å². The predicted molar refractivity (Wildman–Crippen MR) is 167 cm³/mol. The fourth-order valence-corrected chi connectivity index (χ4v) is 6.25. The third-order valence-electron chi connectivity index (χ3n) is 7.93. The van der Waals surface area contributed by atoms with E-state index in [2.05, 4.69) is 25.2 Å². The van der Waals surface area contributed by atoms with Crippen LogP contribution in [0.1, 0.15) is 37.3 Å². The molecule has 1 aliphatic rings. The number of nitrogens with one attached hydrogen (secondary N) is 1. The first-order chi connectivity index (χ1) is 21.0. The highest BCUT2D eigenvalue weighted by Crippen LogP contribution is 2.36. The van der Waals surface area contributed by atoms with Crippen molar-refractivity contribution in [3.63, 3.8) is 0 Å². The predicted octanol–water partition coefficient (Wildman–Crippen LogP) is 7.74. The van der Waals surface area contributed by atoms with E-state index in [0.29, 0.717) is 39.5 Å². The maximum Gasteiger partial charge on any atom is 0.312 e. The molecule has 1 N–H and O–H groups in total. The number of carbonyl (C=O) groups is 1. The molecule has 1 fully saturated rings. The van der Waals surface area contributed by atoms with Gasteiger partial charge in [-0.15, -0.1) is 0 Å². The van der Waals surface area contributed by atoms with Gasteiger partial charge in [-0.2, -0.15) is 5.10 Å². The molecule has 0 spiro atoms. The van der Waals surface area contributed by atoms with Crippen LogP contribution in [0.4, 0.5) is 11.4 Å². The Morgan fingerprint density at radius 3 is 2.67 bits per heavy atom. The number of hydrogen-bond donors (Lipinski definition) is 1. The zero-order valence-corrected chi connectivity index (χ0v) is 24.8. The number of para-hydroxylation sites is 2. The first-order valence-electron chi connectivity index (χ1n) is 14.1. The van der Waals surface area contributed by atoms with Crippen LogP contribution in [0, 0.1) is 12.5 Å². The summed E-state index contributed by atoms with van der Waals surface area (Å²) in [7, 11) is 0. The molecule has 3 heterocycles. The second-order valence-corrected chi connectivity index (χ2v) is 11.4. The van der Waals surface area contributed by atoms with Gasteiger partial charge in [0.15, 0.2) is 6.73 Å². The molecule has 1 aliphatic carbocycles. The number of esters is 1. The summed E-state index contributed by atoms with van der Waals surface area (Å²) in [6, 6.07) is 14.7. The lowest BCUT2D eigenvalue weighted by atomic mass is 9.98. The van der Waals surface area contributed by atoms with Crippen LogP contribution in [0.25, 0.3) is 27.1 Å².